The number of nitrogens with zero attached hydrogens (tertiary/aromatic N) is 1. The number of benzene rings is 1. The molecule has 1 aliphatic heterocycles. The maximum absolute atomic E-state index is 6.33. The van der Waals surface area contributed by atoms with Gasteiger partial charge < -0.3 is 5.73 Å². The van der Waals surface area contributed by atoms with Crippen molar-refractivity contribution in [3.05, 3.63) is 56.2 Å². The Balaban J connectivity index is 1.73. The second-order valence-corrected chi connectivity index (χ2v) is 6.37. The molecular formula is C15H17ClN2S. The van der Waals surface area contributed by atoms with E-state index in [4.69, 9.17) is 17.3 Å². The average molecular weight is 293 g/mol. The molecule has 1 aliphatic rings. The van der Waals surface area contributed by atoms with Crippen molar-refractivity contribution in [2.45, 2.75) is 26.1 Å². The van der Waals surface area contributed by atoms with E-state index in [9.17, 15) is 0 Å². The predicted octanol–water partition coefficient (Wildman–Crippen LogP) is 3.42. The summed E-state index contributed by atoms with van der Waals surface area (Å²) in [6.07, 6.45) is 1.16. The topological polar surface area (TPSA) is 29.3 Å². The van der Waals surface area contributed by atoms with Gasteiger partial charge in [0.05, 0.1) is 0 Å². The number of hydrogen-bond donors (Lipinski definition) is 1. The van der Waals surface area contributed by atoms with Crippen LogP contribution in [0.3, 0.4) is 0 Å². The van der Waals surface area contributed by atoms with Gasteiger partial charge in [-0.1, -0.05) is 23.7 Å². The van der Waals surface area contributed by atoms with Crippen LogP contribution in [0.2, 0.25) is 5.02 Å². The van der Waals surface area contributed by atoms with Gasteiger partial charge in [0, 0.05) is 36.1 Å². The highest BCUT2D eigenvalue weighted by Crippen LogP contribution is 2.26. The summed E-state index contributed by atoms with van der Waals surface area (Å²) in [5.41, 5.74) is 9.39. The molecule has 0 atom stereocenters. The smallest absolute Gasteiger partial charge is 0.0454 e. The number of nitrogens with two attached hydrogens (primary N) is 1. The summed E-state index contributed by atoms with van der Waals surface area (Å²) in [5.74, 6) is 0. The minimum absolute atomic E-state index is 0.544. The monoisotopic (exact) mass is 292 g/mol. The van der Waals surface area contributed by atoms with Gasteiger partial charge in [0.2, 0.25) is 0 Å². The Hall–Kier alpha value is -0.870. The predicted molar refractivity (Wildman–Crippen MR) is 81.5 cm³/mol. The SMILES string of the molecule is NCc1ccc(CN2CCc3sccc3C2)c(Cl)c1. The molecule has 0 saturated carbocycles. The molecule has 0 radical (unpaired) electrons. The van der Waals surface area contributed by atoms with Crippen molar-refractivity contribution < 1.29 is 0 Å². The van der Waals surface area contributed by atoms with E-state index in [2.05, 4.69) is 28.5 Å². The van der Waals surface area contributed by atoms with Crippen LogP contribution in [0, 0.1) is 0 Å². The third kappa shape index (κ3) is 2.84. The van der Waals surface area contributed by atoms with Gasteiger partial charge in [-0.2, -0.15) is 0 Å². The van der Waals surface area contributed by atoms with E-state index in [1.165, 1.54) is 11.1 Å². The second kappa shape index (κ2) is 5.63. The number of rotatable bonds is 3. The second-order valence-electron chi connectivity index (χ2n) is 4.96. The van der Waals surface area contributed by atoms with Crippen molar-refractivity contribution in [3.8, 4) is 0 Å². The highest BCUT2D eigenvalue weighted by atomic mass is 35.5. The Labute approximate surface area is 122 Å². The van der Waals surface area contributed by atoms with Crippen LogP contribution in [-0.2, 0) is 26.1 Å². The molecule has 1 aromatic heterocycles. The third-order valence-electron chi connectivity index (χ3n) is 3.63. The van der Waals surface area contributed by atoms with Gasteiger partial charge in [0.1, 0.15) is 0 Å². The summed E-state index contributed by atoms with van der Waals surface area (Å²) >= 11 is 8.20. The van der Waals surface area contributed by atoms with E-state index >= 15 is 0 Å². The van der Waals surface area contributed by atoms with Crippen LogP contribution in [-0.4, -0.2) is 11.4 Å². The minimum atomic E-state index is 0.544. The summed E-state index contributed by atoms with van der Waals surface area (Å²) in [6, 6.07) is 8.40. The van der Waals surface area contributed by atoms with Crippen molar-refractivity contribution in [2.24, 2.45) is 5.73 Å². The molecule has 0 unspecified atom stereocenters. The molecule has 100 valence electrons. The molecule has 0 fully saturated rings. The molecule has 2 N–H and O–H groups in total. The first kappa shape index (κ1) is 13.1. The molecule has 2 aromatic rings. The van der Waals surface area contributed by atoms with E-state index in [0.29, 0.717) is 6.54 Å². The zero-order valence-corrected chi connectivity index (χ0v) is 12.3. The standard InChI is InChI=1S/C15H17ClN2S/c16-14-7-11(8-17)1-2-12(14)9-18-5-3-15-13(10-18)4-6-19-15/h1-2,4,6-7H,3,5,8-10,17H2. The van der Waals surface area contributed by atoms with Crippen molar-refractivity contribution in [3.63, 3.8) is 0 Å². The van der Waals surface area contributed by atoms with E-state index < -0.39 is 0 Å². The summed E-state index contributed by atoms with van der Waals surface area (Å²) < 4.78 is 0. The van der Waals surface area contributed by atoms with Crippen LogP contribution in [0.1, 0.15) is 21.6 Å². The molecule has 0 spiro atoms. The zero-order chi connectivity index (χ0) is 13.2. The van der Waals surface area contributed by atoms with Crippen molar-refractivity contribution in [1.29, 1.82) is 0 Å². The normalized spacial score (nSPS) is 15.5. The lowest BCUT2D eigenvalue weighted by Crippen LogP contribution is -2.29. The van der Waals surface area contributed by atoms with Crippen LogP contribution in [0.25, 0.3) is 0 Å². The molecule has 4 heteroatoms. The summed E-state index contributed by atoms with van der Waals surface area (Å²) in [6.45, 7) is 3.61. The lowest BCUT2D eigenvalue weighted by molar-refractivity contribution is 0.247. The Morgan fingerprint density at radius 3 is 3.00 bits per heavy atom. The highest BCUT2D eigenvalue weighted by Gasteiger charge is 2.17. The van der Waals surface area contributed by atoms with Gasteiger partial charge in [-0.25, -0.2) is 0 Å². The number of halogens is 1. The molecule has 0 amide bonds. The van der Waals surface area contributed by atoms with E-state index in [1.807, 2.05) is 17.4 Å². The van der Waals surface area contributed by atoms with Gasteiger partial charge >= 0.3 is 0 Å². The Morgan fingerprint density at radius 2 is 2.21 bits per heavy atom. The van der Waals surface area contributed by atoms with Crippen molar-refractivity contribution in [1.82, 2.24) is 4.90 Å². The molecule has 19 heavy (non-hydrogen) atoms. The zero-order valence-electron chi connectivity index (χ0n) is 10.7. The minimum Gasteiger partial charge on any atom is -0.326 e. The Morgan fingerprint density at radius 1 is 1.32 bits per heavy atom. The maximum atomic E-state index is 6.33. The van der Waals surface area contributed by atoms with Crippen LogP contribution in [0.5, 0.6) is 0 Å². The van der Waals surface area contributed by atoms with Crippen LogP contribution < -0.4 is 5.73 Å². The largest absolute Gasteiger partial charge is 0.326 e. The van der Waals surface area contributed by atoms with E-state index in [-0.39, 0.29) is 0 Å². The van der Waals surface area contributed by atoms with Crippen LogP contribution in [0.4, 0.5) is 0 Å². The molecule has 2 heterocycles. The van der Waals surface area contributed by atoms with Gasteiger partial charge in [-0.15, -0.1) is 11.3 Å². The average Bonchev–Trinajstić information content (AvgIpc) is 2.88. The van der Waals surface area contributed by atoms with Gasteiger partial charge in [-0.3, -0.25) is 4.90 Å². The molecule has 1 aromatic carbocycles. The number of fused-ring (bicyclic) bond motifs is 1. The molecule has 0 saturated heterocycles. The summed E-state index contributed by atoms with van der Waals surface area (Å²) in [7, 11) is 0. The quantitative estimate of drug-likeness (QED) is 0.939. The fourth-order valence-electron chi connectivity index (χ4n) is 2.53. The summed E-state index contributed by atoms with van der Waals surface area (Å²) in [4.78, 5) is 4.00. The molecular weight excluding hydrogens is 276 g/mol. The lowest BCUT2D eigenvalue weighted by atomic mass is 10.1. The molecule has 0 bridgehead atoms. The molecule has 3 rings (SSSR count). The fraction of sp³-hybridized carbons (Fsp3) is 0.333. The lowest BCUT2D eigenvalue weighted by Gasteiger charge is -2.27. The molecule has 2 nitrogen and oxygen atoms in total. The third-order valence-corrected chi connectivity index (χ3v) is 5.01. The van der Waals surface area contributed by atoms with E-state index in [0.717, 1.165) is 36.6 Å². The fourth-order valence-corrected chi connectivity index (χ4v) is 3.68. The maximum Gasteiger partial charge on any atom is 0.0454 e. The van der Waals surface area contributed by atoms with Gasteiger partial charge in [0.15, 0.2) is 0 Å². The Kier molecular flexibility index (Phi) is 3.89. The molecule has 0 aliphatic carbocycles. The first-order valence-corrected chi connectivity index (χ1v) is 7.77. The number of hydrogen-bond acceptors (Lipinski definition) is 3. The van der Waals surface area contributed by atoms with Gasteiger partial charge in [-0.05, 0) is 40.6 Å². The van der Waals surface area contributed by atoms with Crippen LogP contribution >= 0.6 is 22.9 Å². The van der Waals surface area contributed by atoms with E-state index in [1.54, 1.807) is 4.88 Å². The first-order valence-electron chi connectivity index (χ1n) is 6.51. The van der Waals surface area contributed by atoms with Crippen LogP contribution in [0.15, 0.2) is 29.6 Å². The van der Waals surface area contributed by atoms with Crippen molar-refractivity contribution in [2.75, 3.05) is 6.54 Å². The Bertz CT molecular complexity index is 579. The van der Waals surface area contributed by atoms with Crippen molar-refractivity contribution >= 4 is 22.9 Å². The number of thiophene rings is 1. The van der Waals surface area contributed by atoms with Gasteiger partial charge in [0.25, 0.3) is 0 Å². The first-order chi connectivity index (χ1) is 9.26. The highest BCUT2D eigenvalue weighted by molar-refractivity contribution is 7.10. The summed E-state index contributed by atoms with van der Waals surface area (Å²) in [5, 5.41) is 3.02.